The van der Waals surface area contributed by atoms with Crippen molar-refractivity contribution in [3.05, 3.63) is 114 Å². The minimum atomic E-state index is -0.616. The number of ether oxygens (including phenoxy) is 1. The molecule has 6 rings (SSSR count). The Balaban J connectivity index is 1.04. The van der Waals surface area contributed by atoms with Crippen LogP contribution >= 0.6 is 0 Å². The number of piperidine rings is 1. The molecule has 1 fully saturated rings. The second-order valence-corrected chi connectivity index (χ2v) is 10.8. The Morgan fingerprint density at radius 2 is 1.63 bits per heavy atom. The molecule has 0 spiro atoms. The molecule has 2 heterocycles. The summed E-state index contributed by atoms with van der Waals surface area (Å²) in [6.45, 7) is 4.48. The number of β-amino-alcohol motifs (C(OH)–C–C–N with tert-alkyl or cyclic N) is 1. The van der Waals surface area contributed by atoms with Crippen LogP contribution in [-0.2, 0) is 4.79 Å². The van der Waals surface area contributed by atoms with Gasteiger partial charge < -0.3 is 14.7 Å². The van der Waals surface area contributed by atoms with Gasteiger partial charge in [0.2, 0.25) is 0 Å². The van der Waals surface area contributed by atoms with E-state index in [9.17, 15) is 9.90 Å². The van der Waals surface area contributed by atoms with Gasteiger partial charge in [-0.25, -0.2) is 4.99 Å². The van der Waals surface area contributed by atoms with Gasteiger partial charge in [-0.2, -0.15) is 0 Å². The Bertz CT molecular complexity index is 1590. The molecule has 2 aliphatic rings. The third kappa shape index (κ3) is 6.09. The van der Waals surface area contributed by atoms with Gasteiger partial charge in [0, 0.05) is 12.1 Å². The van der Waals surface area contributed by atoms with Gasteiger partial charge >= 0.3 is 0 Å². The molecule has 2 aliphatic heterocycles. The lowest BCUT2D eigenvalue weighted by Crippen LogP contribution is -2.40. The highest BCUT2D eigenvalue weighted by molar-refractivity contribution is 6.28. The van der Waals surface area contributed by atoms with E-state index in [1.54, 1.807) is 11.0 Å². The van der Waals surface area contributed by atoms with Gasteiger partial charge in [-0.3, -0.25) is 9.69 Å². The van der Waals surface area contributed by atoms with Crippen LogP contribution in [0.3, 0.4) is 0 Å². The summed E-state index contributed by atoms with van der Waals surface area (Å²) in [7, 11) is 0. The van der Waals surface area contributed by atoms with Crippen LogP contribution in [0, 0.1) is 0 Å². The first-order valence-electron chi connectivity index (χ1n) is 14.3. The third-order valence-electron chi connectivity index (χ3n) is 7.99. The summed E-state index contributed by atoms with van der Waals surface area (Å²) in [6, 6.07) is 32.4. The number of likely N-dealkylation sites (tertiary alicyclic amines) is 1. The number of fused-ring (bicyclic) bond motifs is 1. The van der Waals surface area contributed by atoms with Crippen LogP contribution in [-0.4, -0.2) is 54.1 Å². The quantitative estimate of drug-likeness (QED) is 0.265. The zero-order valence-electron chi connectivity index (χ0n) is 23.3. The molecule has 6 heteroatoms. The summed E-state index contributed by atoms with van der Waals surface area (Å²) < 4.78 is 6.06. The number of aliphatic imine (C=N–C) groups is 1. The minimum absolute atomic E-state index is 0.171. The molecule has 208 valence electrons. The molecule has 41 heavy (non-hydrogen) atoms. The van der Waals surface area contributed by atoms with Gasteiger partial charge in [-0.15, -0.1) is 0 Å². The van der Waals surface area contributed by atoms with E-state index in [0.29, 0.717) is 29.7 Å². The summed E-state index contributed by atoms with van der Waals surface area (Å²) in [6.07, 6.45) is 3.30. The van der Waals surface area contributed by atoms with E-state index in [0.717, 1.165) is 37.2 Å². The van der Waals surface area contributed by atoms with Crippen molar-refractivity contribution in [3.8, 4) is 5.75 Å². The standard InChI is InChI=1S/C35H35N3O3/c1-25-36-33(35(40)38(25)31-12-3-2-4-13-31)22-30-11-7-8-14-34(30)41-24-32(39)23-37-19-17-27(18-20-37)29-16-15-26-9-5-6-10-28(26)21-29/h2-16,21-22,27,32,39H,17-20,23-24H2,1H3/b33-22-. The molecule has 0 radical (unpaired) electrons. The van der Waals surface area contributed by atoms with Crippen molar-refractivity contribution < 1.29 is 14.6 Å². The number of hydrogen-bond acceptors (Lipinski definition) is 5. The second kappa shape index (κ2) is 12.1. The number of anilines is 1. The van der Waals surface area contributed by atoms with Crippen LogP contribution < -0.4 is 9.64 Å². The lowest BCUT2D eigenvalue weighted by Gasteiger charge is -2.33. The van der Waals surface area contributed by atoms with Crippen molar-refractivity contribution in [2.24, 2.45) is 4.99 Å². The minimum Gasteiger partial charge on any atom is -0.490 e. The average molecular weight is 546 g/mol. The second-order valence-electron chi connectivity index (χ2n) is 10.8. The van der Waals surface area contributed by atoms with Crippen molar-refractivity contribution in [1.29, 1.82) is 0 Å². The number of aliphatic hydroxyl groups is 1. The van der Waals surface area contributed by atoms with E-state index >= 15 is 0 Å². The Labute approximate surface area is 241 Å². The summed E-state index contributed by atoms with van der Waals surface area (Å²) >= 11 is 0. The van der Waals surface area contributed by atoms with Crippen molar-refractivity contribution in [3.63, 3.8) is 0 Å². The van der Waals surface area contributed by atoms with E-state index in [2.05, 4.69) is 52.4 Å². The maximum absolute atomic E-state index is 13.1. The van der Waals surface area contributed by atoms with Crippen LogP contribution in [0.15, 0.2) is 108 Å². The molecule has 6 nitrogen and oxygen atoms in total. The fourth-order valence-corrected chi connectivity index (χ4v) is 5.83. The summed E-state index contributed by atoms with van der Waals surface area (Å²) in [5.41, 5.74) is 3.31. The Morgan fingerprint density at radius 3 is 2.44 bits per heavy atom. The average Bonchev–Trinajstić information content (AvgIpc) is 3.29. The summed E-state index contributed by atoms with van der Waals surface area (Å²) in [4.78, 5) is 21.6. The Morgan fingerprint density at radius 1 is 0.927 bits per heavy atom. The number of carbonyl (C=O) groups is 1. The molecule has 1 amide bonds. The predicted molar refractivity (Wildman–Crippen MR) is 165 cm³/mol. The van der Waals surface area contributed by atoms with E-state index in [1.807, 2.05) is 61.5 Å². The van der Waals surface area contributed by atoms with Crippen LogP contribution in [0.2, 0.25) is 0 Å². The number of carbonyl (C=O) groups excluding carboxylic acids is 1. The number of benzene rings is 4. The number of nitrogens with zero attached hydrogens (tertiary/aromatic N) is 3. The molecule has 0 bridgehead atoms. The first kappa shape index (κ1) is 26.9. The number of hydrogen-bond donors (Lipinski definition) is 1. The van der Waals surface area contributed by atoms with Gasteiger partial charge in [0.25, 0.3) is 5.91 Å². The zero-order valence-corrected chi connectivity index (χ0v) is 23.3. The van der Waals surface area contributed by atoms with Gasteiger partial charge in [0.05, 0.1) is 5.69 Å². The fraction of sp³-hybridized carbons (Fsp3) is 0.257. The third-order valence-corrected chi connectivity index (χ3v) is 7.99. The molecular weight excluding hydrogens is 510 g/mol. The van der Waals surface area contributed by atoms with Crippen molar-refractivity contribution in [2.45, 2.75) is 31.8 Å². The van der Waals surface area contributed by atoms with Crippen molar-refractivity contribution in [2.75, 3.05) is 31.1 Å². The number of para-hydroxylation sites is 2. The van der Waals surface area contributed by atoms with Gasteiger partial charge in [0.15, 0.2) is 0 Å². The highest BCUT2D eigenvalue weighted by atomic mass is 16.5. The van der Waals surface area contributed by atoms with E-state index in [-0.39, 0.29) is 12.5 Å². The van der Waals surface area contributed by atoms with Gasteiger partial charge in [-0.05, 0) is 79.4 Å². The van der Waals surface area contributed by atoms with Gasteiger partial charge in [0.1, 0.15) is 30.0 Å². The SMILES string of the molecule is CC1=N/C(=C\c2ccccc2OCC(O)CN2CCC(c3ccc4ccccc4c3)CC2)C(=O)N1c1ccccc1. The maximum atomic E-state index is 13.1. The largest absolute Gasteiger partial charge is 0.490 e. The maximum Gasteiger partial charge on any atom is 0.282 e. The molecule has 0 aromatic heterocycles. The predicted octanol–water partition coefficient (Wildman–Crippen LogP) is 6.27. The normalized spacial score (nSPS) is 18.2. The molecule has 1 saturated heterocycles. The van der Waals surface area contributed by atoms with Crippen LogP contribution in [0.25, 0.3) is 16.8 Å². The number of amidine groups is 1. The van der Waals surface area contributed by atoms with E-state index in [4.69, 9.17) is 4.74 Å². The van der Waals surface area contributed by atoms with Crippen molar-refractivity contribution >= 4 is 34.3 Å². The molecular formula is C35H35N3O3. The topological polar surface area (TPSA) is 65.4 Å². The first-order valence-corrected chi connectivity index (χ1v) is 14.3. The Hall–Kier alpha value is -4.26. The van der Waals surface area contributed by atoms with Crippen LogP contribution in [0.1, 0.15) is 36.8 Å². The number of aliphatic hydroxyl groups excluding tert-OH is 1. The monoisotopic (exact) mass is 545 g/mol. The number of rotatable bonds is 8. The molecule has 1 atom stereocenters. The van der Waals surface area contributed by atoms with E-state index < -0.39 is 6.10 Å². The Kier molecular flexibility index (Phi) is 7.94. The van der Waals surface area contributed by atoms with E-state index in [1.165, 1.54) is 16.3 Å². The lowest BCUT2D eigenvalue weighted by molar-refractivity contribution is -0.113. The molecule has 1 unspecified atom stereocenters. The van der Waals surface area contributed by atoms with Gasteiger partial charge in [-0.1, -0.05) is 78.9 Å². The molecule has 0 aliphatic carbocycles. The fourth-order valence-electron chi connectivity index (χ4n) is 5.83. The first-order chi connectivity index (χ1) is 20.0. The zero-order chi connectivity index (χ0) is 28.2. The summed E-state index contributed by atoms with van der Waals surface area (Å²) in [5, 5.41) is 13.4. The van der Waals surface area contributed by atoms with Crippen molar-refractivity contribution in [1.82, 2.24) is 4.90 Å². The summed E-state index contributed by atoms with van der Waals surface area (Å²) in [5.74, 6) is 1.63. The van der Waals surface area contributed by atoms with Crippen LogP contribution in [0.4, 0.5) is 5.69 Å². The number of amides is 1. The molecule has 4 aromatic carbocycles. The molecule has 0 saturated carbocycles. The molecule has 1 N–H and O–H groups in total. The smallest absolute Gasteiger partial charge is 0.282 e. The molecule has 4 aromatic rings. The highest BCUT2D eigenvalue weighted by Crippen LogP contribution is 2.31. The lowest BCUT2D eigenvalue weighted by atomic mass is 9.88. The van der Waals surface area contributed by atoms with Crippen LogP contribution in [0.5, 0.6) is 5.75 Å². The highest BCUT2D eigenvalue weighted by Gasteiger charge is 2.29.